The number of hydrogen-bond acceptors (Lipinski definition) is 7. The topological polar surface area (TPSA) is 89.6 Å². The molecule has 128 valence electrons. The van der Waals surface area contributed by atoms with Crippen LogP contribution in [0.2, 0.25) is 0 Å². The Kier molecular flexibility index (Phi) is 4.61. The van der Waals surface area contributed by atoms with Gasteiger partial charge in [0.1, 0.15) is 5.03 Å². The van der Waals surface area contributed by atoms with Crippen molar-refractivity contribution in [2.24, 2.45) is 0 Å². The number of aromatic nitrogens is 4. The number of rotatable bonds is 5. The third-order valence-electron chi connectivity index (χ3n) is 3.78. The fourth-order valence-electron chi connectivity index (χ4n) is 2.51. The lowest BCUT2D eigenvalue weighted by Gasteiger charge is -2.10. The molecule has 0 saturated heterocycles. The van der Waals surface area contributed by atoms with Crippen molar-refractivity contribution in [3.63, 3.8) is 0 Å². The monoisotopic (exact) mass is 360 g/mol. The molecule has 0 amide bonds. The summed E-state index contributed by atoms with van der Waals surface area (Å²) in [7, 11) is 0. The molecule has 4 rings (SSSR count). The van der Waals surface area contributed by atoms with Crippen molar-refractivity contribution in [2.45, 2.75) is 16.5 Å². The SMILES string of the molecule is Nc1ncc(Sc2ccncc2)nc1NCc1ccc2ncccc2c1. The highest BCUT2D eigenvalue weighted by Crippen LogP contribution is 2.27. The van der Waals surface area contributed by atoms with E-state index in [9.17, 15) is 0 Å². The lowest BCUT2D eigenvalue weighted by molar-refractivity contribution is 1.02. The first-order chi connectivity index (χ1) is 12.8. The van der Waals surface area contributed by atoms with Crippen molar-refractivity contribution in [2.75, 3.05) is 11.1 Å². The highest BCUT2D eigenvalue weighted by atomic mass is 32.2. The van der Waals surface area contributed by atoms with Gasteiger partial charge in [0.15, 0.2) is 11.6 Å². The summed E-state index contributed by atoms with van der Waals surface area (Å²) in [4.78, 5) is 18.2. The van der Waals surface area contributed by atoms with Gasteiger partial charge in [-0.25, -0.2) is 9.97 Å². The Hall–Kier alpha value is -3.19. The molecule has 3 heterocycles. The van der Waals surface area contributed by atoms with E-state index in [4.69, 9.17) is 5.73 Å². The van der Waals surface area contributed by atoms with Gasteiger partial charge in [-0.15, -0.1) is 0 Å². The van der Waals surface area contributed by atoms with Crippen LogP contribution in [0.15, 0.2) is 77.2 Å². The molecule has 0 radical (unpaired) electrons. The number of nitrogens with one attached hydrogen (secondary N) is 1. The van der Waals surface area contributed by atoms with Crippen molar-refractivity contribution >= 4 is 34.3 Å². The molecule has 1 aromatic carbocycles. The minimum Gasteiger partial charge on any atom is -0.381 e. The molecule has 0 unspecified atom stereocenters. The molecule has 26 heavy (non-hydrogen) atoms. The van der Waals surface area contributed by atoms with E-state index in [1.165, 1.54) is 11.8 Å². The zero-order valence-electron chi connectivity index (χ0n) is 13.8. The van der Waals surface area contributed by atoms with Crippen LogP contribution < -0.4 is 11.1 Å². The molecule has 0 aliphatic heterocycles. The second kappa shape index (κ2) is 7.37. The van der Waals surface area contributed by atoms with Crippen molar-refractivity contribution in [1.82, 2.24) is 19.9 Å². The summed E-state index contributed by atoms with van der Waals surface area (Å²) in [5.74, 6) is 0.960. The maximum Gasteiger partial charge on any atom is 0.170 e. The van der Waals surface area contributed by atoms with E-state index in [1.54, 1.807) is 24.8 Å². The summed E-state index contributed by atoms with van der Waals surface area (Å²) in [5, 5.41) is 5.15. The molecule has 3 aromatic heterocycles. The Morgan fingerprint density at radius 1 is 1.00 bits per heavy atom. The summed E-state index contributed by atoms with van der Waals surface area (Å²) in [5.41, 5.74) is 8.07. The van der Waals surface area contributed by atoms with Gasteiger partial charge in [0.05, 0.1) is 11.7 Å². The third-order valence-corrected chi connectivity index (χ3v) is 4.69. The number of nitrogens with zero attached hydrogens (tertiary/aromatic N) is 4. The zero-order chi connectivity index (χ0) is 17.8. The predicted octanol–water partition coefficient (Wildman–Crippen LogP) is 3.77. The highest BCUT2D eigenvalue weighted by molar-refractivity contribution is 7.99. The Morgan fingerprint density at radius 2 is 1.88 bits per heavy atom. The largest absolute Gasteiger partial charge is 0.381 e. The number of pyridine rings is 2. The molecule has 0 atom stereocenters. The molecular formula is C19H16N6S. The first-order valence-electron chi connectivity index (χ1n) is 8.06. The van der Waals surface area contributed by atoms with Crippen LogP contribution in [-0.2, 0) is 6.54 Å². The van der Waals surface area contributed by atoms with E-state index >= 15 is 0 Å². The minimum atomic E-state index is 0.381. The van der Waals surface area contributed by atoms with Crippen LogP contribution in [0.4, 0.5) is 11.6 Å². The first kappa shape index (κ1) is 16.3. The Labute approximate surface area is 154 Å². The van der Waals surface area contributed by atoms with Gasteiger partial charge >= 0.3 is 0 Å². The zero-order valence-corrected chi connectivity index (χ0v) is 14.6. The fraction of sp³-hybridized carbons (Fsp3) is 0.0526. The molecule has 4 aromatic rings. The van der Waals surface area contributed by atoms with Gasteiger partial charge in [0.2, 0.25) is 0 Å². The van der Waals surface area contributed by atoms with Crippen LogP contribution >= 0.6 is 11.8 Å². The van der Waals surface area contributed by atoms with Crippen LogP contribution in [0.5, 0.6) is 0 Å². The smallest absolute Gasteiger partial charge is 0.170 e. The van der Waals surface area contributed by atoms with Gasteiger partial charge in [-0.3, -0.25) is 9.97 Å². The summed E-state index contributed by atoms with van der Waals surface area (Å²) in [6.07, 6.45) is 6.97. The predicted molar refractivity (Wildman–Crippen MR) is 104 cm³/mol. The summed E-state index contributed by atoms with van der Waals surface area (Å²) < 4.78 is 0. The van der Waals surface area contributed by atoms with Gasteiger partial charge in [0.25, 0.3) is 0 Å². The first-order valence-corrected chi connectivity index (χ1v) is 8.87. The molecule has 0 aliphatic carbocycles. The van der Waals surface area contributed by atoms with Crippen molar-refractivity contribution in [1.29, 1.82) is 0 Å². The number of fused-ring (bicyclic) bond motifs is 1. The summed E-state index contributed by atoms with van der Waals surface area (Å²) in [6.45, 7) is 0.604. The van der Waals surface area contributed by atoms with Crippen LogP contribution in [0.25, 0.3) is 10.9 Å². The van der Waals surface area contributed by atoms with E-state index in [-0.39, 0.29) is 0 Å². The Bertz CT molecular complexity index is 1040. The second-order valence-electron chi connectivity index (χ2n) is 5.61. The van der Waals surface area contributed by atoms with E-state index in [2.05, 4.69) is 31.3 Å². The highest BCUT2D eigenvalue weighted by Gasteiger charge is 2.07. The average molecular weight is 360 g/mol. The molecule has 6 nitrogen and oxygen atoms in total. The Balaban J connectivity index is 1.50. The maximum atomic E-state index is 5.97. The normalized spacial score (nSPS) is 10.8. The van der Waals surface area contributed by atoms with Crippen LogP contribution in [0.1, 0.15) is 5.56 Å². The molecule has 0 saturated carbocycles. The second-order valence-corrected chi connectivity index (χ2v) is 6.70. The van der Waals surface area contributed by atoms with Gasteiger partial charge < -0.3 is 11.1 Å². The molecule has 3 N–H and O–H groups in total. The van der Waals surface area contributed by atoms with Gasteiger partial charge in [-0.1, -0.05) is 23.9 Å². The van der Waals surface area contributed by atoms with Crippen molar-refractivity contribution in [3.8, 4) is 0 Å². The average Bonchev–Trinajstić information content (AvgIpc) is 2.69. The van der Waals surface area contributed by atoms with Crippen molar-refractivity contribution in [3.05, 3.63) is 72.8 Å². The summed E-state index contributed by atoms with van der Waals surface area (Å²) >= 11 is 1.52. The van der Waals surface area contributed by atoms with E-state index < -0.39 is 0 Å². The molecule has 7 heteroatoms. The van der Waals surface area contributed by atoms with E-state index in [0.29, 0.717) is 18.2 Å². The standard InChI is InChI=1S/C19H16N6S/c20-18-19(25-17(12-23-18)26-15-5-8-21-9-6-15)24-11-13-3-4-16-14(10-13)2-1-7-22-16/h1-10,12H,11H2,(H2,20,23)(H,24,25). The van der Waals surface area contributed by atoms with E-state index in [0.717, 1.165) is 26.4 Å². The minimum absolute atomic E-state index is 0.381. The quantitative estimate of drug-likeness (QED) is 0.560. The van der Waals surface area contributed by atoms with Gasteiger partial charge in [0, 0.05) is 35.4 Å². The Morgan fingerprint density at radius 3 is 2.77 bits per heavy atom. The van der Waals surface area contributed by atoms with Crippen molar-refractivity contribution < 1.29 is 0 Å². The van der Waals surface area contributed by atoms with Gasteiger partial charge in [-0.2, -0.15) is 0 Å². The molecular weight excluding hydrogens is 344 g/mol. The number of hydrogen-bond donors (Lipinski definition) is 2. The molecule has 0 fully saturated rings. The number of benzene rings is 1. The van der Waals surface area contributed by atoms with Gasteiger partial charge in [-0.05, 0) is 35.9 Å². The number of nitrogen functional groups attached to an aromatic ring is 1. The third kappa shape index (κ3) is 3.73. The lowest BCUT2D eigenvalue weighted by atomic mass is 10.1. The van der Waals surface area contributed by atoms with Crippen LogP contribution in [0.3, 0.4) is 0 Å². The molecule has 0 bridgehead atoms. The van der Waals surface area contributed by atoms with E-state index in [1.807, 2.05) is 36.4 Å². The van der Waals surface area contributed by atoms with Crippen LogP contribution in [-0.4, -0.2) is 19.9 Å². The fourth-order valence-corrected chi connectivity index (χ4v) is 3.25. The lowest BCUT2D eigenvalue weighted by Crippen LogP contribution is -2.06. The summed E-state index contributed by atoms with van der Waals surface area (Å²) in [6, 6.07) is 14.0. The molecule has 0 aliphatic rings. The molecule has 0 spiro atoms. The number of nitrogens with two attached hydrogens (primary N) is 1. The number of anilines is 2. The van der Waals surface area contributed by atoms with Crippen LogP contribution in [0, 0.1) is 0 Å². The maximum absolute atomic E-state index is 5.97.